The fourth-order valence-electron chi connectivity index (χ4n) is 2.60. The van der Waals surface area contributed by atoms with E-state index < -0.39 is 12.1 Å². The number of hydrogen-bond donors (Lipinski definition) is 0. The summed E-state index contributed by atoms with van der Waals surface area (Å²) in [4.78, 5) is 24.4. The van der Waals surface area contributed by atoms with E-state index >= 15 is 0 Å². The molecule has 0 radical (unpaired) electrons. The van der Waals surface area contributed by atoms with Crippen LogP contribution in [0.1, 0.15) is 36.7 Å². The van der Waals surface area contributed by atoms with Crippen LogP contribution in [-0.4, -0.2) is 31.1 Å². The number of fused-ring (bicyclic) bond motifs is 1. The van der Waals surface area contributed by atoms with E-state index in [1.54, 1.807) is 30.3 Å². The fourth-order valence-corrected chi connectivity index (χ4v) is 2.60. The van der Waals surface area contributed by atoms with Crippen molar-refractivity contribution in [3.63, 3.8) is 0 Å². The maximum Gasteiger partial charge on any atom is 0.351 e. The standard InChI is InChI=1S/C21H22O5/c1-21(2,3)15-10-8-14(9-11-15)16(22)12-25-20(23)19-13-24-17-6-4-5-7-18(17)26-19/h4-11,19H,12-13H2,1-3H3. The zero-order chi connectivity index (χ0) is 18.7. The summed E-state index contributed by atoms with van der Waals surface area (Å²) in [7, 11) is 0. The number of Topliss-reactive ketones (excluding diaryl/α,β-unsaturated/α-hetero) is 1. The lowest BCUT2D eigenvalue weighted by molar-refractivity contribution is -0.153. The Morgan fingerprint density at radius 2 is 1.69 bits per heavy atom. The van der Waals surface area contributed by atoms with Crippen molar-refractivity contribution in [3.05, 3.63) is 59.7 Å². The van der Waals surface area contributed by atoms with Crippen molar-refractivity contribution in [2.45, 2.75) is 32.3 Å². The van der Waals surface area contributed by atoms with Crippen molar-refractivity contribution >= 4 is 11.8 Å². The molecule has 0 saturated heterocycles. The first-order valence-electron chi connectivity index (χ1n) is 8.53. The molecule has 1 aliphatic heterocycles. The van der Waals surface area contributed by atoms with Gasteiger partial charge in [0.25, 0.3) is 0 Å². The summed E-state index contributed by atoms with van der Waals surface area (Å²) >= 11 is 0. The quantitative estimate of drug-likeness (QED) is 0.621. The second-order valence-corrected chi connectivity index (χ2v) is 7.22. The van der Waals surface area contributed by atoms with Crippen LogP contribution in [0.4, 0.5) is 0 Å². The number of ketones is 1. The van der Waals surface area contributed by atoms with Crippen molar-refractivity contribution in [1.29, 1.82) is 0 Å². The van der Waals surface area contributed by atoms with Crippen molar-refractivity contribution in [2.75, 3.05) is 13.2 Å². The second kappa shape index (κ2) is 7.20. The lowest BCUT2D eigenvalue weighted by Gasteiger charge is -2.24. The van der Waals surface area contributed by atoms with E-state index in [-0.39, 0.29) is 24.4 Å². The highest BCUT2D eigenvalue weighted by molar-refractivity contribution is 5.98. The molecule has 0 aromatic heterocycles. The zero-order valence-corrected chi connectivity index (χ0v) is 15.2. The minimum absolute atomic E-state index is 0.0165. The Hall–Kier alpha value is -2.82. The summed E-state index contributed by atoms with van der Waals surface area (Å²) in [5.41, 5.74) is 1.66. The third-order valence-corrected chi connectivity index (χ3v) is 4.19. The lowest BCUT2D eigenvalue weighted by atomic mass is 9.86. The molecular formula is C21H22O5. The van der Waals surface area contributed by atoms with E-state index in [2.05, 4.69) is 20.8 Å². The largest absolute Gasteiger partial charge is 0.485 e. The summed E-state index contributed by atoms with van der Waals surface area (Å²) in [5.74, 6) is 0.214. The van der Waals surface area contributed by atoms with Crippen LogP contribution in [0, 0.1) is 0 Å². The molecule has 0 bridgehead atoms. The number of ether oxygens (including phenoxy) is 3. The molecule has 0 N–H and O–H groups in total. The van der Waals surface area contributed by atoms with Gasteiger partial charge in [0.05, 0.1) is 0 Å². The van der Waals surface area contributed by atoms with E-state index in [0.717, 1.165) is 5.56 Å². The Labute approximate surface area is 152 Å². The molecule has 0 aliphatic carbocycles. The molecule has 1 unspecified atom stereocenters. The van der Waals surface area contributed by atoms with Gasteiger partial charge in [-0.15, -0.1) is 0 Å². The first-order valence-corrected chi connectivity index (χ1v) is 8.53. The van der Waals surface area contributed by atoms with Gasteiger partial charge in [0.2, 0.25) is 6.10 Å². The third kappa shape index (κ3) is 4.04. The van der Waals surface area contributed by atoms with Gasteiger partial charge in [-0.1, -0.05) is 57.2 Å². The van der Waals surface area contributed by atoms with Crippen LogP contribution in [0.25, 0.3) is 0 Å². The smallest absolute Gasteiger partial charge is 0.351 e. The van der Waals surface area contributed by atoms with E-state index in [9.17, 15) is 9.59 Å². The Kier molecular flexibility index (Phi) is 4.98. The molecule has 1 aliphatic rings. The highest BCUT2D eigenvalue weighted by Gasteiger charge is 2.29. The first kappa shape index (κ1) is 18.0. The van der Waals surface area contributed by atoms with Gasteiger partial charge in [-0.3, -0.25) is 4.79 Å². The van der Waals surface area contributed by atoms with E-state index in [4.69, 9.17) is 14.2 Å². The molecule has 0 saturated carbocycles. The highest BCUT2D eigenvalue weighted by Crippen LogP contribution is 2.31. The van der Waals surface area contributed by atoms with E-state index in [0.29, 0.717) is 17.1 Å². The van der Waals surface area contributed by atoms with Gasteiger partial charge in [0.15, 0.2) is 23.9 Å². The van der Waals surface area contributed by atoms with E-state index in [1.165, 1.54) is 0 Å². The average Bonchev–Trinajstić information content (AvgIpc) is 2.64. The van der Waals surface area contributed by atoms with Crippen molar-refractivity contribution < 1.29 is 23.8 Å². The van der Waals surface area contributed by atoms with Crippen LogP contribution < -0.4 is 9.47 Å². The number of carbonyl (C=O) groups is 2. The predicted octanol–water partition coefficient (Wildman–Crippen LogP) is 3.55. The number of rotatable bonds is 4. The van der Waals surface area contributed by atoms with Crippen LogP contribution in [0.2, 0.25) is 0 Å². The molecule has 0 amide bonds. The molecule has 2 aromatic rings. The number of esters is 1. The van der Waals surface area contributed by atoms with Crippen LogP contribution in [0.3, 0.4) is 0 Å². The molecule has 3 rings (SSSR count). The number of benzene rings is 2. The van der Waals surface area contributed by atoms with Gasteiger partial charge in [-0.05, 0) is 23.1 Å². The molecule has 1 heterocycles. The molecular weight excluding hydrogens is 332 g/mol. The molecule has 5 heteroatoms. The van der Waals surface area contributed by atoms with Crippen LogP contribution in [-0.2, 0) is 14.9 Å². The van der Waals surface area contributed by atoms with Crippen LogP contribution in [0.15, 0.2) is 48.5 Å². The Morgan fingerprint density at radius 1 is 1.04 bits per heavy atom. The average molecular weight is 354 g/mol. The fraction of sp³-hybridized carbons (Fsp3) is 0.333. The molecule has 0 spiro atoms. The highest BCUT2D eigenvalue weighted by atomic mass is 16.6. The lowest BCUT2D eigenvalue weighted by Crippen LogP contribution is -2.38. The summed E-state index contributed by atoms with van der Waals surface area (Å²) in [6, 6.07) is 14.5. The first-order chi connectivity index (χ1) is 12.3. The summed E-state index contributed by atoms with van der Waals surface area (Å²) in [5, 5.41) is 0. The third-order valence-electron chi connectivity index (χ3n) is 4.19. The number of para-hydroxylation sites is 2. The molecule has 2 aromatic carbocycles. The predicted molar refractivity (Wildman–Crippen MR) is 96.8 cm³/mol. The van der Waals surface area contributed by atoms with Gasteiger partial charge in [-0.25, -0.2) is 4.79 Å². The topological polar surface area (TPSA) is 61.8 Å². The molecule has 1 atom stereocenters. The number of hydrogen-bond acceptors (Lipinski definition) is 5. The van der Waals surface area contributed by atoms with Gasteiger partial charge in [0, 0.05) is 5.56 Å². The Balaban J connectivity index is 1.55. The zero-order valence-electron chi connectivity index (χ0n) is 15.2. The van der Waals surface area contributed by atoms with Crippen molar-refractivity contribution in [1.82, 2.24) is 0 Å². The molecule has 0 fully saturated rings. The Bertz CT molecular complexity index is 802. The maximum atomic E-state index is 12.2. The molecule has 136 valence electrons. The monoisotopic (exact) mass is 354 g/mol. The van der Waals surface area contributed by atoms with Crippen LogP contribution in [0.5, 0.6) is 11.5 Å². The minimum atomic E-state index is -0.874. The molecule has 5 nitrogen and oxygen atoms in total. The van der Waals surface area contributed by atoms with Crippen molar-refractivity contribution in [2.24, 2.45) is 0 Å². The van der Waals surface area contributed by atoms with Crippen LogP contribution >= 0.6 is 0 Å². The summed E-state index contributed by atoms with van der Waals surface area (Å²) in [6.07, 6.45) is -0.874. The second-order valence-electron chi connectivity index (χ2n) is 7.22. The SMILES string of the molecule is CC(C)(C)c1ccc(C(=O)COC(=O)C2COc3ccccc3O2)cc1. The minimum Gasteiger partial charge on any atom is -0.485 e. The van der Waals surface area contributed by atoms with Crippen molar-refractivity contribution in [3.8, 4) is 11.5 Å². The number of carbonyl (C=O) groups excluding carboxylic acids is 2. The van der Waals surface area contributed by atoms with Gasteiger partial charge in [0.1, 0.15) is 6.61 Å². The normalized spacial score (nSPS) is 16.0. The summed E-state index contributed by atoms with van der Waals surface area (Å²) < 4.78 is 16.2. The maximum absolute atomic E-state index is 12.2. The van der Waals surface area contributed by atoms with E-state index in [1.807, 2.05) is 18.2 Å². The molecule has 26 heavy (non-hydrogen) atoms. The van der Waals surface area contributed by atoms with Gasteiger partial charge in [-0.2, -0.15) is 0 Å². The van der Waals surface area contributed by atoms with Gasteiger partial charge < -0.3 is 14.2 Å². The Morgan fingerprint density at radius 3 is 2.35 bits per heavy atom. The van der Waals surface area contributed by atoms with Gasteiger partial charge >= 0.3 is 5.97 Å². The summed E-state index contributed by atoms with van der Waals surface area (Å²) in [6.45, 7) is 6.06.